The van der Waals surface area contributed by atoms with E-state index in [0.29, 0.717) is 5.75 Å². The fourth-order valence-corrected chi connectivity index (χ4v) is 4.67. The third kappa shape index (κ3) is 3.31. The number of benzene rings is 1. The number of thioether (sulfide) groups is 1. The van der Waals surface area contributed by atoms with Crippen LogP contribution in [0, 0.1) is 26.7 Å². The molecule has 0 bridgehead atoms. The number of carbonyl (C=O) groups is 1. The predicted molar refractivity (Wildman–Crippen MR) is 110 cm³/mol. The third-order valence-electron chi connectivity index (χ3n) is 5.78. The maximum atomic E-state index is 12.6. The molecule has 142 valence electrons. The summed E-state index contributed by atoms with van der Waals surface area (Å²) >= 11 is 1.50. The zero-order chi connectivity index (χ0) is 19.1. The molecular formula is C21H26N4OS. The summed E-state index contributed by atoms with van der Waals surface area (Å²) in [5, 5.41) is 10.8. The van der Waals surface area contributed by atoms with Gasteiger partial charge in [0.25, 0.3) is 0 Å². The van der Waals surface area contributed by atoms with Gasteiger partial charge in [0.2, 0.25) is 5.91 Å². The third-order valence-corrected chi connectivity index (χ3v) is 6.69. The Kier molecular flexibility index (Phi) is 4.84. The van der Waals surface area contributed by atoms with E-state index in [1.54, 1.807) is 0 Å². The van der Waals surface area contributed by atoms with Crippen molar-refractivity contribution in [3.8, 4) is 0 Å². The van der Waals surface area contributed by atoms with E-state index in [0.717, 1.165) is 53.7 Å². The van der Waals surface area contributed by atoms with Gasteiger partial charge in [0.1, 0.15) is 0 Å². The number of hydrogen-bond acceptors (Lipinski definition) is 4. The number of rotatable bonds is 3. The molecule has 0 saturated carbocycles. The van der Waals surface area contributed by atoms with Crippen LogP contribution >= 0.6 is 11.8 Å². The number of pyridine rings is 1. The number of aryl methyl sites for hydroxylation is 3. The number of likely N-dealkylation sites (tertiary alicyclic amines) is 1. The molecule has 1 aromatic carbocycles. The van der Waals surface area contributed by atoms with Crippen LogP contribution in [0.5, 0.6) is 0 Å². The standard InChI is InChI=1S/C21H26N4OS/c1-13-7-9-24(10-8-13)18(26)12-27-21-23-22-20-15(3)11-17-6-5-14(2)16(4)19(17)25(20)21/h5-6,11,13H,7-10,12H2,1-4H3. The van der Waals surface area contributed by atoms with Crippen molar-refractivity contribution in [1.29, 1.82) is 0 Å². The largest absolute Gasteiger partial charge is 0.342 e. The summed E-state index contributed by atoms with van der Waals surface area (Å²) in [6.07, 6.45) is 2.21. The molecule has 0 spiro atoms. The van der Waals surface area contributed by atoms with Gasteiger partial charge in [0.15, 0.2) is 10.8 Å². The molecule has 0 atom stereocenters. The van der Waals surface area contributed by atoms with Crippen molar-refractivity contribution < 1.29 is 4.79 Å². The quantitative estimate of drug-likeness (QED) is 0.638. The molecule has 0 aliphatic carbocycles. The second-order valence-electron chi connectivity index (χ2n) is 7.77. The van der Waals surface area contributed by atoms with Crippen LogP contribution in [0.3, 0.4) is 0 Å². The van der Waals surface area contributed by atoms with Gasteiger partial charge in [-0.15, -0.1) is 10.2 Å². The van der Waals surface area contributed by atoms with Crippen molar-refractivity contribution in [2.45, 2.75) is 45.7 Å². The van der Waals surface area contributed by atoms with E-state index in [1.807, 2.05) is 4.90 Å². The van der Waals surface area contributed by atoms with Gasteiger partial charge < -0.3 is 4.90 Å². The molecule has 0 radical (unpaired) electrons. The Balaban J connectivity index is 1.66. The van der Waals surface area contributed by atoms with Gasteiger partial charge in [-0.3, -0.25) is 9.20 Å². The molecule has 6 heteroatoms. The lowest BCUT2D eigenvalue weighted by molar-refractivity contribution is -0.129. The lowest BCUT2D eigenvalue weighted by atomic mass is 9.99. The normalized spacial score (nSPS) is 15.8. The molecule has 5 nitrogen and oxygen atoms in total. The minimum absolute atomic E-state index is 0.202. The van der Waals surface area contributed by atoms with E-state index in [1.165, 1.54) is 28.3 Å². The highest BCUT2D eigenvalue weighted by atomic mass is 32.2. The van der Waals surface area contributed by atoms with Crippen molar-refractivity contribution in [1.82, 2.24) is 19.5 Å². The molecule has 1 fully saturated rings. The summed E-state index contributed by atoms with van der Waals surface area (Å²) in [7, 11) is 0. The summed E-state index contributed by atoms with van der Waals surface area (Å²) in [6, 6.07) is 6.47. The SMILES string of the molecule is Cc1ccc2cc(C)c3nnc(SCC(=O)N4CCC(C)CC4)n3c2c1C. The highest BCUT2D eigenvalue weighted by Crippen LogP contribution is 2.29. The van der Waals surface area contributed by atoms with Gasteiger partial charge in [-0.2, -0.15) is 0 Å². The van der Waals surface area contributed by atoms with Crippen molar-refractivity contribution in [2.75, 3.05) is 18.8 Å². The second kappa shape index (κ2) is 7.15. The van der Waals surface area contributed by atoms with Crippen molar-refractivity contribution in [3.05, 3.63) is 34.9 Å². The van der Waals surface area contributed by atoms with E-state index in [2.05, 4.69) is 60.5 Å². The zero-order valence-corrected chi connectivity index (χ0v) is 17.3. The molecule has 0 N–H and O–H groups in total. The fourth-order valence-electron chi connectivity index (χ4n) is 3.83. The molecule has 1 aliphatic rings. The first kappa shape index (κ1) is 18.3. The summed E-state index contributed by atoms with van der Waals surface area (Å²) in [5.41, 5.74) is 5.59. The van der Waals surface area contributed by atoms with E-state index in [9.17, 15) is 4.79 Å². The first-order valence-corrected chi connectivity index (χ1v) is 10.6. The zero-order valence-electron chi connectivity index (χ0n) is 16.5. The van der Waals surface area contributed by atoms with Crippen LogP contribution < -0.4 is 0 Å². The number of piperidine rings is 1. The first-order chi connectivity index (χ1) is 13.0. The van der Waals surface area contributed by atoms with Crippen LogP contribution in [-0.2, 0) is 4.79 Å². The van der Waals surface area contributed by atoms with Crippen molar-refractivity contribution in [3.63, 3.8) is 0 Å². The number of fused-ring (bicyclic) bond motifs is 3. The lowest BCUT2D eigenvalue weighted by Crippen LogP contribution is -2.38. The van der Waals surface area contributed by atoms with Crippen LogP contribution in [0.4, 0.5) is 0 Å². The molecule has 3 heterocycles. The molecule has 1 aliphatic heterocycles. The molecule has 4 rings (SSSR count). The Morgan fingerprint density at radius 2 is 1.89 bits per heavy atom. The predicted octanol–water partition coefficient (Wildman–Crippen LogP) is 4.16. The molecule has 27 heavy (non-hydrogen) atoms. The van der Waals surface area contributed by atoms with Crippen LogP contribution in [-0.4, -0.2) is 44.2 Å². The molecule has 1 saturated heterocycles. The molecular weight excluding hydrogens is 356 g/mol. The summed E-state index contributed by atoms with van der Waals surface area (Å²) < 4.78 is 2.13. The minimum Gasteiger partial charge on any atom is -0.342 e. The van der Waals surface area contributed by atoms with Gasteiger partial charge in [-0.05, 0) is 67.7 Å². The summed E-state index contributed by atoms with van der Waals surface area (Å²) in [5.74, 6) is 1.34. The van der Waals surface area contributed by atoms with Gasteiger partial charge in [0.05, 0.1) is 11.3 Å². The average Bonchev–Trinajstić information content (AvgIpc) is 3.08. The Labute approximate surface area is 164 Å². The monoisotopic (exact) mass is 382 g/mol. The molecule has 0 unspecified atom stereocenters. The van der Waals surface area contributed by atoms with Crippen molar-refractivity contribution >= 4 is 34.2 Å². The van der Waals surface area contributed by atoms with Crippen LogP contribution in [0.15, 0.2) is 23.4 Å². The Bertz CT molecular complexity index is 1020. The van der Waals surface area contributed by atoms with Crippen molar-refractivity contribution in [2.24, 2.45) is 5.92 Å². The Hall–Kier alpha value is -2.08. The first-order valence-electron chi connectivity index (χ1n) is 9.61. The number of carbonyl (C=O) groups excluding carboxylic acids is 1. The van der Waals surface area contributed by atoms with Crippen LogP contribution in [0.25, 0.3) is 16.6 Å². The van der Waals surface area contributed by atoms with E-state index in [4.69, 9.17) is 0 Å². The van der Waals surface area contributed by atoms with Crippen LogP contribution in [0.1, 0.15) is 36.5 Å². The van der Waals surface area contributed by atoms with E-state index in [-0.39, 0.29) is 5.91 Å². The number of amides is 1. The second-order valence-corrected chi connectivity index (χ2v) is 8.71. The number of aromatic nitrogens is 3. The minimum atomic E-state index is 0.202. The summed E-state index contributed by atoms with van der Waals surface area (Å²) in [6.45, 7) is 10.3. The Morgan fingerprint density at radius 1 is 1.15 bits per heavy atom. The Morgan fingerprint density at radius 3 is 2.63 bits per heavy atom. The van der Waals surface area contributed by atoms with Crippen LogP contribution in [0.2, 0.25) is 0 Å². The highest BCUT2D eigenvalue weighted by Gasteiger charge is 2.21. The fraction of sp³-hybridized carbons (Fsp3) is 0.476. The topological polar surface area (TPSA) is 50.5 Å². The van der Waals surface area contributed by atoms with Gasteiger partial charge in [-0.25, -0.2) is 0 Å². The maximum absolute atomic E-state index is 12.6. The molecule has 1 amide bonds. The average molecular weight is 383 g/mol. The van der Waals surface area contributed by atoms with Gasteiger partial charge in [0, 0.05) is 13.1 Å². The van der Waals surface area contributed by atoms with E-state index < -0.39 is 0 Å². The highest BCUT2D eigenvalue weighted by molar-refractivity contribution is 7.99. The number of hydrogen-bond donors (Lipinski definition) is 0. The molecule has 2 aromatic heterocycles. The molecule has 3 aromatic rings. The van der Waals surface area contributed by atoms with Gasteiger partial charge in [-0.1, -0.05) is 30.8 Å². The lowest BCUT2D eigenvalue weighted by Gasteiger charge is -2.30. The number of nitrogens with zero attached hydrogens (tertiary/aromatic N) is 4. The smallest absolute Gasteiger partial charge is 0.233 e. The maximum Gasteiger partial charge on any atom is 0.233 e. The van der Waals surface area contributed by atoms with E-state index >= 15 is 0 Å². The summed E-state index contributed by atoms with van der Waals surface area (Å²) in [4.78, 5) is 14.6. The van der Waals surface area contributed by atoms with Gasteiger partial charge >= 0.3 is 0 Å².